The summed E-state index contributed by atoms with van der Waals surface area (Å²) in [6, 6.07) is 14.3. The maximum Gasteiger partial charge on any atom is 0.410 e. The van der Waals surface area contributed by atoms with Crippen molar-refractivity contribution in [2.45, 2.75) is 84.3 Å². The quantitative estimate of drug-likeness (QED) is 0.167. The molecule has 5 heterocycles. The molecule has 13 heteroatoms. The van der Waals surface area contributed by atoms with E-state index in [0.29, 0.717) is 32.9 Å². The molecule has 3 aliphatic heterocycles. The number of hydrogen-bond donors (Lipinski definition) is 2. The van der Waals surface area contributed by atoms with Crippen LogP contribution >= 0.6 is 0 Å². The third kappa shape index (κ3) is 7.41. The fourth-order valence-electron chi connectivity index (χ4n) is 8.41. The molecule has 2 saturated heterocycles. The summed E-state index contributed by atoms with van der Waals surface area (Å²) in [5.41, 5.74) is 5.56. The summed E-state index contributed by atoms with van der Waals surface area (Å²) in [5, 5.41) is 2.02. The number of ether oxygens (including phenoxy) is 5. The van der Waals surface area contributed by atoms with Crippen LogP contribution in [-0.2, 0) is 25.6 Å². The Bertz CT molecular complexity index is 2280. The maximum atomic E-state index is 13.3. The lowest BCUT2D eigenvalue weighted by molar-refractivity contribution is 0.0198. The van der Waals surface area contributed by atoms with E-state index in [1.54, 1.807) is 24.0 Å². The summed E-state index contributed by atoms with van der Waals surface area (Å²) in [6.45, 7) is 13.9. The molecule has 5 aromatic rings. The molecule has 2 amide bonds. The number of benzene rings is 3. The molecule has 3 aliphatic rings. The molecule has 0 unspecified atom stereocenters. The second kappa shape index (κ2) is 14.4. The average Bonchev–Trinajstić information content (AvgIpc) is 3.94. The van der Waals surface area contributed by atoms with Crippen LogP contribution in [0.3, 0.4) is 0 Å². The van der Waals surface area contributed by atoms with Crippen molar-refractivity contribution in [1.29, 1.82) is 0 Å². The predicted octanol–water partition coefficient (Wildman–Crippen LogP) is 8.55. The highest BCUT2D eigenvalue weighted by Crippen LogP contribution is 2.44. The van der Waals surface area contributed by atoms with Gasteiger partial charge < -0.3 is 33.7 Å². The Morgan fingerprint density at radius 3 is 2.07 bits per heavy atom. The SMILES string of the molecule is COC[C@H]1C[C@@H](c2ncc(-c3ccc4c(c3)COc3cc5c(ccc6[nH]c([C@@H]7C[C@H](COC)CN7C(=O)OC(C)(C)C)nc65)cc3-4)[nH]2)N(C(=O)OC(C)(C)C)C1. The van der Waals surface area contributed by atoms with Crippen molar-refractivity contribution < 1.29 is 33.3 Å². The number of amides is 2. The second-order valence-corrected chi connectivity index (χ2v) is 17.4. The van der Waals surface area contributed by atoms with E-state index < -0.39 is 11.2 Å². The van der Waals surface area contributed by atoms with Crippen molar-refractivity contribution in [3.8, 4) is 28.1 Å². The first-order valence-corrected chi connectivity index (χ1v) is 19.4. The van der Waals surface area contributed by atoms with E-state index in [1.807, 2.05) is 47.7 Å². The van der Waals surface area contributed by atoms with Crippen LogP contribution in [0.4, 0.5) is 9.59 Å². The molecule has 2 N–H and O–H groups in total. The minimum atomic E-state index is -0.607. The number of imidazole rings is 2. The number of hydrogen-bond acceptors (Lipinski definition) is 9. The van der Waals surface area contributed by atoms with Crippen LogP contribution in [0.2, 0.25) is 0 Å². The van der Waals surface area contributed by atoms with Crippen LogP contribution in [0.1, 0.15) is 83.7 Å². The lowest BCUT2D eigenvalue weighted by Crippen LogP contribution is -2.37. The second-order valence-electron chi connectivity index (χ2n) is 17.4. The van der Waals surface area contributed by atoms with Gasteiger partial charge >= 0.3 is 12.2 Å². The van der Waals surface area contributed by atoms with Crippen LogP contribution in [0.5, 0.6) is 5.75 Å². The molecule has 3 aromatic carbocycles. The number of nitrogens with zero attached hydrogens (tertiary/aromatic N) is 4. The zero-order chi connectivity index (χ0) is 39.5. The largest absolute Gasteiger partial charge is 0.488 e. The highest BCUT2D eigenvalue weighted by molar-refractivity contribution is 6.07. The first-order valence-electron chi connectivity index (χ1n) is 19.4. The van der Waals surface area contributed by atoms with Gasteiger partial charge in [0.2, 0.25) is 0 Å². The zero-order valence-electron chi connectivity index (χ0n) is 33.5. The Kier molecular flexibility index (Phi) is 9.72. The Labute approximate surface area is 327 Å². The summed E-state index contributed by atoms with van der Waals surface area (Å²) >= 11 is 0. The number of rotatable bonds is 7. The van der Waals surface area contributed by atoms with Gasteiger partial charge in [-0.05, 0) is 101 Å². The van der Waals surface area contributed by atoms with Crippen LogP contribution in [0.25, 0.3) is 44.2 Å². The zero-order valence-corrected chi connectivity index (χ0v) is 33.5. The number of aromatic amines is 2. The molecule has 296 valence electrons. The molecule has 0 radical (unpaired) electrons. The standard InChI is InChI=1S/C43H52N6O7/c1-42(2,3)55-40(50)48-19-24(21-52-7)13-34(48)38-44-18-33(46-38)27-9-11-29-28(15-27)23-54-36-17-30-26(16-31(29)36)10-12-32-37(30)47-39(45-32)35-14-25(22-53-8)20-49(35)41(51)56-43(4,5)6/h9-12,15-18,24-25,34-35H,13-14,19-23H2,1-8H3,(H,44,46)(H,45,47)/t24-,25-,34-,35-/m0/s1. The van der Waals surface area contributed by atoms with Gasteiger partial charge in [-0.3, -0.25) is 9.80 Å². The fraction of sp³-hybridized carbons (Fsp3) is 0.488. The predicted molar refractivity (Wildman–Crippen MR) is 212 cm³/mol. The van der Waals surface area contributed by atoms with Crippen molar-refractivity contribution in [2.75, 3.05) is 40.5 Å². The minimum Gasteiger partial charge on any atom is -0.488 e. The number of aromatic nitrogens is 4. The van der Waals surface area contributed by atoms with Crippen molar-refractivity contribution in [1.82, 2.24) is 29.7 Å². The van der Waals surface area contributed by atoms with Gasteiger partial charge in [-0.15, -0.1) is 0 Å². The molecular weight excluding hydrogens is 713 g/mol. The van der Waals surface area contributed by atoms with E-state index in [1.165, 1.54) is 0 Å². The molecule has 0 bridgehead atoms. The third-order valence-corrected chi connectivity index (χ3v) is 10.7. The van der Waals surface area contributed by atoms with Crippen LogP contribution in [0, 0.1) is 11.8 Å². The van der Waals surface area contributed by atoms with E-state index in [2.05, 4.69) is 52.4 Å². The summed E-state index contributed by atoms with van der Waals surface area (Å²) in [6.07, 6.45) is 2.59. The number of carbonyl (C=O) groups is 2. The Balaban J connectivity index is 1.06. The fourth-order valence-corrected chi connectivity index (χ4v) is 8.41. The Hall–Kier alpha value is -5.14. The molecule has 13 nitrogen and oxygen atoms in total. The van der Waals surface area contributed by atoms with E-state index >= 15 is 0 Å². The number of carbonyl (C=O) groups excluding carboxylic acids is 2. The van der Waals surface area contributed by atoms with Gasteiger partial charge in [0, 0.05) is 50.1 Å². The van der Waals surface area contributed by atoms with Crippen molar-refractivity contribution in [2.24, 2.45) is 11.8 Å². The maximum absolute atomic E-state index is 13.3. The molecule has 0 saturated carbocycles. The molecule has 2 aromatic heterocycles. The molecule has 8 rings (SSSR count). The number of nitrogens with one attached hydrogen (secondary N) is 2. The lowest BCUT2D eigenvalue weighted by Gasteiger charge is -2.27. The van der Waals surface area contributed by atoms with Gasteiger partial charge in [0.1, 0.15) is 35.2 Å². The van der Waals surface area contributed by atoms with Crippen LogP contribution in [0.15, 0.2) is 48.7 Å². The first-order chi connectivity index (χ1) is 26.7. The number of H-pyrrole nitrogens is 2. The van der Waals surface area contributed by atoms with Crippen LogP contribution < -0.4 is 4.74 Å². The van der Waals surface area contributed by atoms with E-state index in [-0.39, 0.29) is 36.1 Å². The van der Waals surface area contributed by atoms with Gasteiger partial charge in [-0.25, -0.2) is 19.6 Å². The first kappa shape index (κ1) is 37.8. The Morgan fingerprint density at radius 2 is 1.45 bits per heavy atom. The summed E-state index contributed by atoms with van der Waals surface area (Å²) in [4.78, 5) is 47.0. The number of fused-ring (bicyclic) bond motifs is 6. The van der Waals surface area contributed by atoms with Gasteiger partial charge in [0.15, 0.2) is 0 Å². The third-order valence-electron chi connectivity index (χ3n) is 10.7. The molecule has 56 heavy (non-hydrogen) atoms. The summed E-state index contributed by atoms with van der Waals surface area (Å²) in [5.74, 6) is 2.61. The van der Waals surface area contributed by atoms with Crippen LogP contribution in [-0.4, -0.2) is 93.6 Å². The monoisotopic (exact) mass is 764 g/mol. The van der Waals surface area contributed by atoms with Crippen molar-refractivity contribution >= 4 is 34.0 Å². The average molecular weight is 765 g/mol. The van der Waals surface area contributed by atoms with Crippen molar-refractivity contribution in [3.63, 3.8) is 0 Å². The molecule has 2 fully saturated rings. The lowest BCUT2D eigenvalue weighted by atomic mass is 9.92. The van der Waals surface area contributed by atoms with Gasteiger partial charge in [-0.1, -0.05) is 18.2 Å². The van der Waals surface area contributed by atoms with Gasteiger partial charge in [0.05, 0.1) is 48.2 Å². The van der Waals surface area contributed by atoms with Gasteiger partial charge in [-0.2, -0.15) is 0 Å². The molecule has 0 spiro atoms. The van der Waals surface area contributed by atoms with Gasteiger partial charge in [0.25, 0.3) is 0 Å². The summed E-state index contributed by atoms with van der Waals surface area (Å²) < 4.78 is 28.9. The smallest absolute Gasteiger partial charge is 0.410 e. The highest BCUT2D eigenvalue weighted by atomic mass is 16.6. The van der Waals surface area contributed by atoms with Crippen molar-refractivity contribution in [3.05, 3.63) is 65.9 Å². The Morgan fingerprint density at radius 1 is 0.804 bits per heavy atom. The number of methoxy groups -OCH3 is 2. The topological polar surface area (TPSA) is 144 Å². The molecular formula is C43H52N6O7. The van der Waals surface area contributed by atoms with E-state index in [4.69, 9.17) is 33.7 Å². The van der Waals surface area contributed by atoms with E-state index in [9.17, 15) is 9.59 Å². The normalized spacial score (nSPS) is 21.0. The molecule has 0 aliphatic carbocycles. The molecule has 4 atom stereocenters. The minimum absolute atomic E-state index is 0.175. The number of likely N-dealkylation sites (tertiary alicyclic amines) is 2. The van der Waals surface area contributed by atoms with E-state index in [0.717, 1.165) is 80.0 Å². The summed E-state index contributed by atoms with van der Waals surface area (Å²) in [7, 11) is 3.37. The highest BCUT2D eigenvalue weighted by Gasteiger charge is 2.41.